The summed E-state index contributed by atoms with van der Waals surface area (Å²) in [4.78, 5) is 10.3. The summed E-state index contributed by atoms with van der Waals surface area (Å²) in [7, 11) is 0. The molecule has 2 rings (SSSR count). The van der Waals surface area contributed by atoms with Crippen LogP contribution in [0.3, 0.4) is 0 Å². The molecule has 0 aliphatic rings. The molecule has 0 aliphatic carbocycles. The van der Waals surface area contributed by atoms with E-state index in [2.05, 4.69) is 5.32 Å². The molecule has 2 aromatic carbocycles. The number of anilines is 2. The van der Waals surface area contributed by atoms with Gasteiger partial charge in [-0.25, -0.2) is 0 Å². The highest BCUT2D eigenvalue weighted by atomic mass is 127. The van der Waals surface area contributed by atoms with E-state index in [1.165, 1.54) is 6.07 Å². The quantitative estimate of drug-likeness (QED) is 0.256. The van der Waals surface area contributed by atoms with E-state index in [1.807, 2.05) is 34.7 Å². The van der Waals surface area contributed by atoms with Crippen LogP contribution in [0.15, 0.2) is 42.5 Å². The first-order valence-corrected chi connectivity index (χ1v) is 7.30. The highest BCUT2D eigenvalue weighted by molar-refractivity contribution is 14.1. The van der Waals surface area contributed by atoms with Crippen molar-refractivity contribution in [2.24, 2.45) is 0 Å². The lowest BCUT2D eigenvalue weighted by molar-refractivity contribution is -0.385. The van der Waals surface area contributed by atoms with Crippen LogP contribution in [0, 0.1) is 13.7 Å². The number of hydrogen-bond acceptors (Lipinski definition) is 5. The Morgan fingerprint density at radius 3 is 2.76 bits per heavy atom. The normalized spacial score (nSPS) is 10.1. The Labute approximate surface area is 135 Å². The van der Waals surface area contributed by atoms with Gasteiger partial charge < -0.3 is 15.8 Å². The van der Waals surface area contributed by atoms with Crippen molar-refractivity contribution >= 4 is 39.7 Å². The molecule has 0 aromatic heterocycles. The molecule has 0 saturated heterocycles. The molecule has 0 bridgehead atoms. The molecule has 6 nitrogen and oxygen atoms in total. The van der Waals surface area contributed by atoms with E-state index in [-0.39, 0.29) is 5.69 Å². The van der Waals surface area contributed by atoms with Crippen LogP contribution in [-0.2, 0) is 0 Å². The molecule has 2 aromatic rings. The molecule has 110 valence electrons. The van der Waals surface area contributed by atoms with Crippen molar-refractivity contribution < 1.29 is 9.66 Å². The Hall–Kier alpha value is -2.03. The van der Waals surface area contributed by atoms with Crippen LogP contribution >= 0.6 is 22.6 Å². The second-order valence-corrected chi connectivity index (χ2v) is 5.43. The summed E-state index contributed by atoms with van der Waals surface area (Å²) in [5, 5.41) is 13.9. The number of nitrogens with zero attached hydrogens (tertiary/aromatic N) is 1. The van der Waals surface area contributed by atoms with Crippen molar-refractivity contribution in [2.45, 2.75) is 0 Å². The predicted octanol–water partition coefficient (Wildman–Crippen LogP) is 3.27. The number of benzene rings is 2. The number of nitrogens with one attached hydrogen (secondary N) is 1. The zero-order chi connectivity index (χ0) is 15.2. The Morgan fingerprint density at radius 1 is 1.29 bits per heavy atom. The lowest BCUT2D eigenvalue weighted by Crippen LogP contribution is -2.11. The second kappa shape index (κ2) is 7.11. The van der Waals surface area contributed by atoms with Gasteiger partial charge >= 0.3 is 0 Å². The molecule has 0 heterocycles. The molecule has 0 spiro atoms. The van der Waals surface area contributed by atoms with Crippen molar-refractivity contribution in [2.75, 3.05) is 24.2 Å². The third-order valence-electron chi connectivity index (χ3n) is 2.70. The van der Waals surface area contributed by atoms with Crippen molar-refractivity contribution in [1.82, 2.24) is 0 Å². The average Bonchev–Trinajstić information content (AvgIpc) is 2.43. The molecule has 0 atom stereocenters. The van der Waals surface area contributed by atoms with E-state index in [1.54, 1.807) is 24.3 Å². The number of hydrogen-bond donors (Lipinski definition) is 2. The summed E-state index contributed by atoms with van der Waals surface area (Å²) in [5.41, 5.74) is 7.24. The van der Waals surface area contributed by atoms with Crippen LogP contribution < -0.4 is 15.8 Å². The first-order valence-electron chi connectivity index (χ1n) is 6.22. The summed E-state index contributed by atoms with van der Waals surface area (Å²) in [6.45, 7) is 1.06. The van der Waals surface area contributed by atoms with Crippen molar-refractivity contribution in [3.8, 4) is 5.75 Å². The highest BCUT2D eigenvalue weighted by Gasteiger charge is 2.11. The largest absolute Gasteiger partial charge is 0.492 e. The number of halogens is 1. The molecule has 0 aliphatic heterocycles. The molecule has 0 unspecified atom stereocenters. The van der Waals surface area contributed by atoms with E-state index in [0.29, 0.717) is 22.4 Å². The zero-order valence-corrected chi connectivity index (χ0v) is 13.2. The molecule has 7 heteroatoms. The van der Waals surface area contributed by atoms with Crippen LogP contribution in [0.4, 0.5) is 17.1 Å². The molecule has 0 saturated carbocycles. The second-order valence-electron chi connectivity index (χ2n) is 4.27. The topological polar surface area (TPSA) is 90.4 Å². The first kappa shape index (κ1) is 15.4. The summed E-state index contributed by atoms with van der Waals surface area (Å²) < 4.78 is 6.14. The van der Waals surface area contributed by atoms with Gasteiger partial charge in [-0.05, 0) is 46.9 Å². The van der Waals surface area contributed by atoms with Gasteiger partial charge in [0.15, 0.2) is 0 Å². The highest BCUT2D eigenvalue weighted by Crippen LogP contribution is 2.24. The minimum Gasteiger partial charge on any atom is -0.492 e. The van der Waals surface area contributed by atoms with E-state index in [4.69, 9.17) is 10.5 Å². The average molecular weight is 399 g/mol. The summed E-state index contributed by atoms with van der Waals surface area (Å²) >= 11 is 1.95. The van der Waals surface area contributed by atoms with E-state index in [9.17, 15) is 10.1 Å². The van der Waals surface area contributed by atoms with Gasteiger partial charge in [0.05, 0.1) is 8.49 Å². The zero-order valence-electron chi connectivity index (χ0n) is 11.1. The Kier molecular flexibility index (Phi) is 5.20. The predicted molar refractivity (Wildman–Crippen MR) is 90.7 cm³/mol. The van der Waals surface area contributed by atoms with Crippen LogP contribution in [0.1, 0.15) is 0 Å². The Balaban J connectivity index is 1.84. The number of ether oxygens (including phenoxy) is 1. The van der Waals surface area contributed by atoms with E-state index >= 15 is 0 Å². The maximum absolute atomic E-state index is 10.7. The monoisotopic (exact) mass is 399 g/mol. The molecule has 0 radical (unpaired) electrons. The van der Waals surface area contributed by atoms with Gasteiger partial charge in [-0.15, -0.1) is 0 Å². The fourth-order valence-electron chi connectivity index (χ4n) is 1.73. The summed E-state index contributed by atoms with van der Waals surface area (Å²) in [6.07, 6.45) is 0. The number of rotatable bonds is 6. The van der Waals surface area contributed by atoms with Gasteiger partial charge in [-0.3, -0.25) is 10.1 Å². The molecule has 3 N–H and O–H groups in total. The third kappa shape index (κ3) is 4.48. The van der Waals surface area contributed by atoms with Gasteiger partial charge in [0.25, 0.3) is 5.69 Å². The van der Waals surface area contributed by atoms with Gasteiger partial charge in [-0.1, -0.05) is 6.07 Å². The number of nitro groups is 1. The fraction of sp³-hybridized carbons (Fsp3) is 0.143. The number of nitrogens with two attached hydrogens (primary N) is 1. The summed E-state index contributed by atoms with van der Waals surface area (Å²) in [6, 6.07) is 12.1. The first-order chi connectivity index (χ1) is 10.1. The standard InChI is InChI=1S/C14H14IN3O3/c15-13-9-11(4-5-14(13)18(19)20)17-6-7-21-12-3-1-2-10(16)8-12/h1-5,8-9,17H,6-7,16H2. The van der Waals surface area contributed by atoms with Crippen molar-refractivity contribution in [3.63, 3.8) is 0 Å². The molecular weight excluding hydrogens is 385 g/mol. The van der Waals surface area contributed by atoms with Gasteiger partial charge in [0.2, 0.25) is 0 Å². The van der Waals surface area contributed by atoms with E-state index in [0.717, 1.165) is 11.4 Å². The van der Waals surface area contributed by atoms with Gasteiger partial charge in [0, 0.05) is 30.1 Å². The molecule has 0 fully saturated rings. The smallest absolute Gasteiger partial charge is 0.282 e. The van der Waals surface area contributed by atoms with Crippen LogP contribution in [-0.4, -0.2) is 18.1 Å². The Morgan fingerprint density at radius 2 is 2.10 bits per heavy atom. The fourth-order valence-corrected chi connectivity index (χ4v) is 2.45. The SMILES string of the molecule is Nc1cccc(OCCNc2ccc([N+](=O)[O-])c(I)c2)c1. The van der Waals surface area contributed by atoms with E-state index < -0.39 is 4.92 Å². The van der Waals surface area contributed by atoms with Crippen LogP contribution in [0.2, 0.25) is 0 Å². The van der Waals surface area contributed by atoms with Gasteiger partial charge in [0.1, 0.15) is 12.4 Å². The molecule has 0 amide bonds. The van der Waals surface area contributed by atoms with Crippen LogP contribution in [0.5, 0.6) is 5.75 Å². The van der Waals surface area contributed by atoms with Crippen LogP contribution in [0.25, 0.3) is 0 Å². The Bertz CT molecular complexity index is 649. The molecular formula is C14H14IN3O3. The maximum Gasteiger partial charge on any atom is 0.282 e. The third-order valence-corrected chi connectivity index (χ3v) is 3.57. The number of nitrogen functional groups attached to an aromatic ring is 1. The lowest BCUT2D eigenvalue weighted by atomic mass is 10.3. The summed E-state index contributed by atoms with van der Waals surface area (Å²) in [5.74, 6) is 0.718. The van der Waals surface area contributed by atoms with Crippen molar-refractivity contribution in [1.29, 1.82) is 0 Å². The van der Waals surface area contributed by atoms with Gasteiger partial charge in [-0.2, -0.15) is 0 Å². The minimum absolute atomic E-state index is 0.108. The number of nitro benzene ring substituents is 1. The maximum atomic E-state index is 10.7. The lowest BCUT2D eigenvalue weighted by Gasteiger charge is -2.09. The van der Waals surface area contributed by atoms with Crippen molar-refractivity contribution in [3.05, 3.63) is 56.1 Å². The molecule has 21 heavy (non-hydrogen) atoms. The minimum atomic E-state index is -0.394.